The molecule has 0 aromatic heterocycles. The summed E-state index contributed by atoms with van der Waals surface area (Å²) in [5.74, 6) is -0.489. The zero-order chi connectivity index (χ0) is 13.7. The molecule has 1 unspecified atom stereocenters. The molecule has 2 heterocycles. The standard InChI is InChI=1S/C13H21NO5/c1-2-18-13(16)10-4-3-5-14(8-10)12(15)11-9-17-6-7-19-11/h10-11H,2-9H2,1H3/t10-,11?/m1/s1. The molecule has 108 valence electrons. The molecular formula is C13H21NO5. The van der Waals surface area contributed by atoms with Gasteiger partial charge in [-0.1, -0.05) is 0 Å². The fourth-order valence-electron chi connectivity index (χ4n) is 2.46. The SMILES string of the molecule is CCOC(=O)[C@@H]1CCCN(C(=O)C2COCCO2)C1. The molecule has 0 aliphatic carbocycles. The summed E-state index contributed by atoms with van der Waals surface area (Å²) in [5.41, 5.74) is 0. The van der Waals surface area contributed by atoms with E-state index in [1.807, 2.05) is 0 Å². The minimum Gasteiger partial charge on any atom is -0.466 e. The van der Waals surface area contributed by atoms with Crippen LogP contribution in [0.1, 0.15) is 19.8 Å². The highest BCUT2D eigenvalue weighted by Gasteiger charge is 2.33. The minimum absolute atomic E-state index is 0.0753. The van der Waals surface area contributed by atoms with Crippen LogP contribution in [-0.4, -0.2) is 62.4 Å². The fraction of sp³-hybridized carbons (Fsp3) is 0.846. The first kappa shape index (κ1) is 14.3. The van der Waals surface area contributed by atoms with Gasteiger partial charge in [0.2, 0.25) is 0 Å². The number of amides is 1. The van der Waals surface area contributed by atoms with Gasteiger partial charge in [-0.25, -0.2) is 0 Å². The summed E-state index contributed by atoms with van der Waals surface area (Å²) in [5, 5.41) is 0. The summed E-state index contributed by atoms with van der Waals surface area (Å²) in [4.78, 5) is 25.7. The van der Waals surface area contributed by atoms with E-state index >= 15 is 0 Å². The molecule has 2 saturated heterocycles. The van der Waals surface area contributed by atoms with Gasteiger partial charge < -0.3 is 19.1 Å². The van der Waals surface area contributed by atoms with E-state index in [1.165, 1.54) is 0 Å². The van der Waals surface area contributed by atoms with Crippen LogP contribution in [-0.2, 0) is 23.8 Å². The molecule has 0 saturated carbocycles. The number of hydrogen-bond donors (Lipinski definition) is 0. The van der Waals surface area contributed by atoms with Crippen LogP contribution in [0.5, 0.6) is 0 Å². The van der Waals surface area contributed by atoms with E-state index in [1.54, 1.807) is 11.8 Å². The normalized spacial score (nSPS) is 27.9. The largest absolute Gasteiger partial charge is 0.466 e. The second-order valence-electron chi connectivity index (χ2n) is 4.81. The first-order chi connectivity index (χ1) is 9.22. The molecule has 2 fully saturated rings. The highest BCUT2D eigenvalue weighted by Crippen LogP contribution is 2.19. The zero-order valence-electron chi connectivity index (χ0n) is 11.3. The highest BCUT2D eigenvalue weighted by molar-refractivity contribution is 5.82. The number of carbonyl (C=O) groups excluding carboxylic acids is 2. The first-order valence-corrected chi connectivity index (χ1v) is 6.87. The molecule has 0 radical (unpaired) electrons. The predicted molar refractivity (Wildman–Crippen MR) is 66.5 cm³/mol. The lowest BCUT2D eigenvalue weighted by Crippen LogP contribution is -2.50. The first-order valence-electron chi connectivity index (χ1n) is 6.87. The van der Waals surface area contributed by atoms with E-state index in [9.17, 15) is 9.59 Å². The Morgan fingerprint density at radius 3 is 2.89 bits per heavy atom. The van der Waals surface area contributed by atoms with Crippen LogP contribution in [0.3, 0.4) is 0 Å². The third-order valence-electron chi connectivity index (χ3n) is 3.44. The van der Waals surface area contributed by atoms with Gasteiger partial charge in [0.1, 0.15) is 0 Å². The number of carbonyl (C=O) groups is 2. The van der Waals surface area contributed by atoms with Gasteiger partial charge in [0, 0.05) is 13.1 Å². The summed E-state index contributed by atoms with van der Waals surface area (Å²) in [7, 11) is 0. The summed E-state index contributed by atoms with van der Waals surface area (Å²) in [6, 6.07) is 0. The van der Waals surface area contributed by atoms with E-state index in [0.717, 1.165) is 12.8 Å². The molecule has 19 heavy (non-hydrogen) atoms. The van der Waals surface area contributed by atoms with Crippen molar-refractivity contribution in [3.63, 3.8) is 0 Å². The molecule has 0 aromatic rings. The number of esters is 1. The molecule has 0 spiro atoms. The third-order valence-corrected chi connectivity index (χ3v) is 3.44. The summed E-state index contributed by atoms with van der Waals surface area (Å²) >= 11 is 0. The molecule has 6 nitrogen and oxygen atoms in total. The minimum atomic E-state index is -0.519. The van der Waals surface area contributed by atoms with Gasteiger partial charge in [-0.2, -0.15) is 0 Å². The number of ether oxygens (including phenoxy) is 3. The highest BCUT2D eigenvalue weighted by atomic mass is 16.6. The van der Waals surface area contributed by atoms with Gasteiger partial charge in [-0.05, 0) is 19.8 Å². The molecule has 0 N–H and O–H groups in total. The van der Waals surface area contributed by atoms with Crippen molar-refractivity contribution >= 4 is 11.9 Å². The van der Waals surface area contributed by atoms with E-state index < -0.39 is 6.10 Å². The maximum absolute atomic E-state index is 12.2. The maximum atomic E-state index is 12.2. The Morgan fingerprint density at radius 2 is 2.21 bits per heavy atom. The van der Waals surface area contributed by atoms with Crippen LogP contribution < -0.4 is 0 Å². The van der Waals surface area contributed by atoms with Gasteiger partial charge in [0.05, 0.1) is 32.3 Å². The Kier molecular flexibility index (Phi) is 5.15. The topological polar surface area (TPSA) is 65.1 Å². The Balaban J connectivity index is 1.89. The van der Waals surface area contributed by atoms with Gasteiger partial charge in [-0.3, -0.25) is 9.59 Å². The number of likely N-dealkylation sites (tertiary alicyclic amines) is 1. The second-order valence-corrected chi connectivity index (χ2v) is 4.81. The van der Waals surface area contributed by atoms with Gasteiger partial charge in [-0.15, -0.1) is 0 Å². The van der Waals surface area contributed by atoms with Crippen molar-refractivity contribution in [3.05, 3.63) is 0 Å². The van der Waals surface area contributed by atoms with Gasteiger partial charge in [0.15, 0.2) is 6.10 Å². The van der Waals surface area contributed by atoms with E-state index in [-0.39, 0.29) is 17.8 Å². The van der Waals surface area contributed by atoms with Crippen LogP contribution in [0.25, 0.3) is 0 Å². The lowest BCUT2D eigenvalue weighted by atomic mass is 9.98. The molecular weight excluding hydrogens is 250 g/mol. The van der Waals surface area contributed by atoms with Crippen molar-refractivity contribution < 1.29 is 23.8 Å². The fourth-order valence-corrected chi connectivity index (χ4v) is 2.46. The molecule has 2 aliphatic rings. The lowest BCUT2D eigenvalue weighted by Gasteiger charge is -2.34. The van der Waals surface area contributed by atoms with Crippen molar-refractivity contribution in [3.8, 4) is 0 Å². The number of rotatable bonds is 3. The van der Waals surface area contributed by atoms with Crippen LogP contribution in [0.2, 0.25) is 0 Å². The van der Waals surface area contributed by atoms with E-state index in [2.05, 4.69) is 0 Å². The van der Waals surface area contributed by atoms with Crippen LogP contribution in [0, 0.1) is 5.92 Å². The average Bonchev–Trinajstić information content (AvgIpc) is 2.48. The van der Waals surface area contributed by atoms with Crippen molar-refractivity contribution in [2.45, 2.75) is 25.9 Å². The molecule has 2 rings (SSSR count). The van der Waals surface area contributed by atoms with Gasteiger partial charge >= 0.3 is 5.97 Å². The molecule has 0 bridgehead atoms. The van der Waals surface area contributed by atoms with Crippen LogP contribution >= 0.6 is 0 Å². The van der Waals surface area contributed by atoms with Crippen molar-refractivity contribution in [1.82, 2.24) is 4.90 Å². The summed E-state index contributed by atoms with van der Waals surface area (Å²) in [6.45, 7) is 4.56. The molecule has 2 aliphatic heterocycles. The Labute approximate surface area is 113 Å². The smallest absolute Gasteiger partial charge is 0.310 e. The van der Waals surface area contributed by atoms with Crippen molar-refractivity contribution in [2.75, 3.05) is 39.5 Å². The summed E-state index contributed by atoms with van der Waals surface area (Å²) < 4.78 is 15.7. The van der Waals surface area contributed by atoms with Crippen molar-refractivity contribution in [2.24, 2.45) is 5.92 Å². The predicted octanol–water partition coefficient (Wildman–Crippen LogP) is 0.204. The van der Waals surface area contributed by atoms with E-state index in [0.29, 0.717) is 39.5 Å². The lowest BCUT2D eigenvalue weighted by molar-refractivity contribution is -0.162. The number of nitrogens with zero attached hydrogens (tertiary/aromatic N) is 1. The Morgan fingerprint density at radius 1 is 1.37 bits per heavy atom. The summed E-state index contributed by atoms with van der Waals surface area (Å²) in [6.07, 6.45) is 1.09. The number of hydrogen-bond acceptors (Lipinski definition) is 5. The third kappa shape index (κ3) is 3.67. The van der Waals surface area contributed by atoms with Crippen LogP contribution in [0.15, 0.2) is 0 Å². The second kappa shape index (κ2) is 6.86. The monoisotopic (exact) mass is 271 g/mol. The molecule has 2 atom stereocenters. The average molecular weight is 271 g/mol. The quantitative estimate of drug-likeness (QED) is 0.686. The number of piperidine rings is 1. The zero-order valence-corrected chi connectivity index (χ0v) is 11.3. The van der Waals surface area contributed by atoms with Crippen molar-refractivity contribution in [1.29, 1.82) is 0 Å². The molecule has 1 amide bonds. The Hall–Kier alpha value is -1.14. The van der Waals surface area contributed by atoms with Gasteiger partial charge in [0.25, 0.3) is 5.91 Å². The van der Waals surface area contributed by atoms with E-state index in [4.69, 9.17) is 14.2 Å². The molecule has 6 heteroatoms. The Bertz CT molecular complexity index is 327. The molecule has 0 aromatic carbocycles. The maximum Gasteiger partial charge on any atom is 0.310 e. The van der Waals surface area contributed by atoms with Crippen LogP contribution in [0.4, 0.5) is 0 Å².